The molecule has 1 amide bonds. The van der Waals surface area contributed by atoms with Crippen molar-refractivity contribution in [2.75, 3.05) is 26.3 Å². The van der Waals surface area contributed by atoms with E-state index in [2.05, 4.69) is 46.5 Å². The molecule has 0 N–H and O–H groups in total. The third kappa shape index (κ3) is 4.49. The zero-order valence-corrected chi connectivity index (χ0v) is 21.1. The van der Waals surface area contributed by atoms with Gasteiger partial charge in [0.2, 0.25) is 5.88 Å². The van der Waals surface area contributed by atoms with Crippen molar-refractivity contribution < 1.29 is 19.0 Å². The molecule has 3 fully saturated rings. The molecular formula is C27H31N3O4S. The number of aryl methyl sites for hydroxylation is 1. The summed E-state index contributed by atoms with van der Waals surface area (Å²) in [6, 6.07) is 8.75. The van der Waals surface area contributed by atoms with E-state index >= 15 is 0 Å². The smallest absolute Gasteiger partial charge is 0.410 e. The highest BCUT2D eigenvalue weighted by molar-refractivity contribution is 7.18. The highest BCUT2D eigenvalue weighted by Crippen LogP contribution is 2.41. The van der Waals surface area contributed by atoms with E-state index in [1.54, 1.807) is 17.7 Å². The normalized spacial score (nSPS) is 24.9. The summed E-state index contributed by atoms with van der Waals surface area (Å²) in [7, 11) is 0. The van der Waals surface area contributed by atoms with Gasteiger partial charge in [0.15, 0.2) is 0 Å². The van der Waals surface area contributed by atoms with Crippen LogP contribution in [-0.2, 0) is 15.9 Å². The molecule has 3 aromatic rings. The van der Waals surface area contributed by atoms with E-state index in [0.29, 0.717) is 32.2 Å². The van der Waals surface area contributed by atoms with Crippen LogP contribution >= 0.6 is 11.3 Å². The lowest BCUT2D eigenvalue weighted by Gasteiger charge is -2.46. The molecule has 2 bridgehead atoms. The van der Waals surface area contributed by atoms with Crippen LogP contribution in [0.15, 0.2) is 36.0 Å². The minimum Gasteiger partial charge on any atom is -0.472 e. The molecule has 1 aliphatic carbocycles. The Bertz CT molecular complexity index is 1210. The summed E-state index contributed by atoms with van der Waals surface area (Å²) < 4.78 is 19.1. The number of piperidine rings is 1. The van der Waals surface area contributed by atoms with Gasteiger partial charge in [-0.3, -0.25) is 0 Å². The number of benzene rings is 1. The monoisotopic (exact) mass is 493 g/mol. The van der Waals surface area contributed by atoms with E-state index in [-0.39, 0.29) is 29.6 Å². The van der Waals surface area contributed by atoms with E-state index in [1.807, 2.05) is 11.8 Å². The Hall–Kier alpha value is -2.71. The lowest BCUT2D eigenvalue weighted by molar-refractivity contribution is -0.111. The van der Waals surface area contributed by atoms with E-state index in [9.17, 15) is 4.79 Å². The molecule has 2 unspecified atom stereocenters. The van der Waals surface area contributed by atoms with Crippen molar-refractivity contribution in [1.82, 2.24) is 14.9 Å². The zero-order chi connectivity index (χ0) is 24.0. The van der Waals surface area contributed by atoms with Crippen LogP contribution in [0, 0.1) is 11.8 Å². The van der Waals surface area contributed by atoms with Gasteiger partial charge in [-0.15, -0.1) is 11.3 Å². The first-order valence-electron chi connectivity index (χ1n) is 12.6. The molecule has 6 rings (SSSR count). The number of fused-ring (bicyclic) bond motifs is 3. The Kier molecular flexibility index (Phi) is 5.89. The fourth-order valence-corrected chi connectivity index (χ4v) is 6.14. The predicted molar refractivity (Wildman–Crippen MR) is 135 cm³/mol. The molecular weight excluding hydrogens is 462 g/mol. The van der Waals surface area contributed by atoms with E-state index in [1.165, 1.54) is 5.56 Å². The summed E-state index contributed by atoms with van der Waals surface area (Å²) in [4.78, 5) is 23.7. The fourth-order valence-electron chi connectivity index (χ4n) is 5.18. The van der Waals surface area contributed by atoms with Gasteiger partial charge in [-0.1, -0.05) is 37.6 Å². The number of nitrogens with zero attached hydrogens (tertiary/aromatic N) is 3. The molecule has 2 saturated heterocycles. The maximum absolute atomic E-state index is 12.7. The molecule has 0 radical (unpaired) electrons. The second-order valence-electron chi connectivity index (χ2n) is 10.3. The predicted octanol–water partition coefficient (Wildman–Crippen LogP) is 5.33. The minimum absolute atomic E-state index is 0.0544. The molecule has 0 spiro atoms. The van der Waals surface area contributed by atoms with E-state index in [0.717, 1.165) is 47.0 Å². The molecule has 35 heavy (non-hydrogen) atoms. The topological polar surface area (TPSA) is 73.8 Å². The second-order valence-corrected chi connectivity index (χ2v) is 11.2. The zero-order valence-electron chi connectivity index (χ0n) is 20.2. The highest BCUT2D eigenvalue weighted by atomic mass is 32.1. The number of thiophene rings is 1. The number of amides is 1. The van der Waals surface area contributed by atoms with Gasteiger partial charge in [0.05, 0.1) is 18.7 Å². The number of likely N-dealkylation sites (tertiary alicyclic amines) is 1. The number of carbonyl (C=O) groups is 1. The van der Waals surface area contributed by atoms with Gasteiger partial charge in [0, 0.05) is 35.9 Å². The van der Waals surface area contributed by atoms with Crippen LogP contribution in [0.4, 0.5) is 4.79 Å². The van der Waals surface area contributed by atoms with E-state index < -0.39 is 0 Å². The standard InChI is InChI=1S/C27H31N3O4S/c1-3-4-17-5-7-18(8-6-17)21-15-35-24-22(21)28-16-29-25(24)33-23-19-11-30(12-20(23)14-32-13-19)26(31)34-27(2)9-10-27/h5-8,15-16,19-20,23H,3-4,9-14H2,1-2H3. The van der Waals surface area contributed by atoms with Crippen LogP contribution in [0.2, 0.25) is 0 Å². The molecule has 2 atom stereocenters. The van der Waals surface area contributed by atoms with Gasteiger partial charge in [-0.2, -0.15) is 0 Å². The Balaban J connectivity index is 1.21. The van der Waals surface area contributed by atoms with E-state index in [4.69, 9.17) is 14.2 Å². The van der Waals surface area contributed by atoms with Gasteiger partial charge in [0.1, 0.15) is 22.7 Å². The molecule has 4 heterocycles. The summed E-state index contributed by atoms with van der Waals surface area (Å²) >= 11 is 1.62. The van der Waals surface area contributed by atoms with Gasteiger partial charge < -0.3 is 19.1 Å². The summed E-state index contributed by atoms with van der Waals surface area (Å²) in [6.07, 6.45) is 5.45. The van der Waals surface area contributed by atoms with Crippen molar-refractivity contribution in [3.63, 3.8) is 0 Å². The van der Waals surface area contributed by atoms with Crippen molar-refractivity contribution >= 4 is 27.6 Å². The molecule has 3 aliphatic rings. The molecule has 2 aromatic heterocycles. The van der Waals surface area contributed by atoms with Crippen molar-refractivity contribution in [2.45, 2.75) is 51.2 Å². The van der Waals surface area contributed by atoms with Crippen molar-refractivity contribution in [3.8, 4) is 17.0 Å². The molecule has 1 saturated carbocycles. The summed E-state index contributed by atoms with van der Waals surface area (Å²) in [5.41, 5.74) is 4.26. The quantitative estimate of drug-likeness (QED) is 0.462. The largest absolute Gasteiger partial charge is 0.472 e. The second kappa shape index (κ2) is 9.06. The van der Waals surface area contributed by atoms with Crippen LogP contribution in [0.3, 0.4) is 0 Å². The van der Waals surface area contributed by atoms with Crippen LogP contribution in [-0.4, -0.2) is 59.0 Å². The van der Waals surface area contributed by atoms with Crippen molar-refractivity contribution in [2.24, 2.45) is 11.8 Å². The molecule has 7 nitrogen and oxygen atoms in total. The third-order valence-electron chi connectivity index (χ3n) is 7.42. The summed E-state index contributed by atoms with van der Waals surface area (Å²) in [6.45, 7) is 6.48. The maximum atomic E-state index is 12.7. The fraction of sp³-hybridized carbons (Fsp3) is 0.519. The van der Waals surface area contributed by atoms with Crippen LogP contribution in [0.5, 0.6) is 5.88 Å². The minimum atomic E-state index is -0.268. The van der Waals surface area contributed by atoms with Crippen LogP contribution in [0.25, 0.3) is 21.3 Å². The Morgan fingerprint density at radius 3 is 2.60 bits per heavy atom. The average molecular weight is 494 g/mol. The van der Waals surface area contributed by atoms with Crippen LogP contribution < -0.4 is 4.74 Å². The Morgan fingerprint density at radius 2 is 1.91 bits per heavy atom. The number of carbonyl (C=O) groups excluding carboxylic acids is 1. The molecule has 184 valence electrons. The Labute approximate surface area is 209 Å². The molecule has 1 aromatic carbocycles. The third-order valence-corrected chi connectivity index (χ3v) is 8.38. The van der Waals surface area contributed by atoms with Crippen LogP contribution in [0.1, 0.15) is 38.7 Å². The van der Waals surface area contributed by atoms with Crippen molar-refractivity contribution in [1.29, 1.82) is 0 Å². The van der Waals surface area contributed by atoms with Gasteiger partial charge in [-0.05, 0) is 37.3 Å². The SMILES string of the molecule is CCCc1ccc(-c2csc3c(OC4C5COCC4CN(C(=O)OC4(C)CC4)C5)ncnc23)cc1. The number of hydrogen-bond acceptors (Lipinski definition) is 7. The maximum Gasteiger partial charge on any atom is 0.410 e. The number of hydrogen-bond donors (Lipinski definition) is 0. The number of ether oxygens (including phenoxy) is 3. The Morgan fingerprint density at radius 1 is 1.17 bits per heavy atom. The first-order chi connectivity index (χ1) is 17.0. The summed E-state index contributed by atoms with van der Waals surface area (Å²) in [5, 5.41) is 2.14. The lowest BCUT2D eigenvalue weighted by Crippen LogP contribution is -2.59. The van der Waals surface area contributed by atoms with Gasteiger partial charge >= 0.3 is 6.09 Å². The highest BCUT2D eigenvalue weighted by Gasteiger charge is 2.47. The van der Waals surface area contributed by atoms with Gasteiger partial charge in [0.25, 0.3) is 0 Å². The first kappa shape index (κ1) is 22.7. The first-order valence-corrected chi connectivity index (χ1v) is 13.4. The summed E-state index contributed by atoms with van der Waals surface area (Å²) in [5.74, 6) is 0.785. The molecule has 2 aliphatic heterocycles. The molecule has 8 heteroatoms. The average Bonchev–Trinajstić information content (AvgIpc) is 3.40. The van der Waals surface area contributed by atoms with Crippen molar-refractivity contribution in [3.05, 3.63) is 41.5 Å². The number of rotatable bonds is 6. The lowest BCUT2D eigenvalue weighted by atomic mass is 9.84. The number of aromatic nitrogens is 2. The van der Waals surface area contributed by atoms with Gasteiger partial charge in [-0.25, -0.2) is 14.8 Å².